The van der Waals surface area contributed by atoms with Crippen LogP contribution >= 0.6 is 0 Å². The highest BCUT2D eigenvalue weighted by molar-refractivity contribution is 5.82. The monoisotopic (exact) mass is 198 g/mol. The largest absolute Gasteiger partial charge is 0.296 e. The number of nitrogens with two attached hydrogens (primary N) is 1. The van der Waals surface area contributed by atoms with Gasteiger partial charge in [0.2, 0.25) is 0 Å². The molecule has 0 aromatic rings. The molecule has 0 aliphatic heterocycles. The van der Waals surface area contributed by atoms with Crippen molar-refractivity contribution in [2.45, 2.75) is 39.7 Å². The van der Waals surface area contributed by atoms with Crippen molar-refractivity contribution >= 4 is 5.84 Å². The third-order valence-electron chi connectivity index (χ3n) is 1.72. The molecule has 0 aromatic heterocycles. The summed E-state index contributed by atoms with van der Waals surface area (Å²) in [6.07, 6.45) is 3.44. The predicted molar refractivity (Wildman–Crippen MR) is 61.7 cm³/mol. The fourth-order valence-corrected chi connectivity index (χ4v) is 0.983. The highest BCUT2D eigenvalue weighted by Gasteiger charge is 2.05. The van der Waals surface area contributed by atoms with Crippen LogP contribution in [0.15, 0.2) is 17.8 Å². The molecule has 0 aliphatic carbocycles. The zero-order valence-corrected chi connectivity index (χ0v) is 9.45. The fraction of sp³-hybridized carbons (Fsp3) is 0.700. The minimum atomic E-state index is 0.424. The maximum Gasteiger partial charge on any atom is 0.119 e. The Morgan fingerprint density at radius 1 is 1.64 bits per heavy atom. The fourth-order valence-electron chi connectivity index (χ4n) is 0.983. The van der Waals surface area contributed by atoms with E-state index in [1.54, 1.807) is 5.01 Å². The Labute approximate surface area is 86.8 Å². The number of amidine groups is 1. The van der Waals surface area contributed by atoms with Crippen LogP contribution in [0.4, 0.5) is 0 Å². The highest BCUT2D eigenvalue weighted by atomic mass is 15.5. The smallest absolute Gasteiger partial charge is 0.119 e. The first-order valence-electron chi connectivity index (χ1n) is 5.05. The van der Waals surface area contributed by atoms with Gasteiger partial charge in [-0.25, -0.2) is 10.8 Å². The van der Waals surface area contributed by atoms with Crippen LogP contribution in [0, 0.1) is 0 Å². The Morgan fingerprint density at radius 2 is 2.29 bits per heavy atom. The van der Waals surface area contributed by atoms with Crippen molar-refractivity contribution < 1.29 is 0 Å². The lowest BCUT2D eigenvalue weighted by molar-refractivity contribution is 0.368. The van der Waals surface area contributed by atoms with Gasteiger partial charge in [0, 0.05) is 18.7 Å². The molecule has 0 saturated heterocycles. The quantitative estimate of drug-likeness (QED) is 0.223. The lowest BCUT2D eigenvalue weighted by atomic mass is 10.3. The molecule has 0 bridgehead atoms. The zero-order chi connectivity index (χ0) is 11.0. The van der Waals surface area contributed by atoms with Crippen LogP contribution in [0.2, 0.25) is 0 Å². The topological polar surface area (TPSA) is 53.6 Å². The van der Waals surface area contributed by atoms with Crippen LogP contribution in [-0.2, 0) is 0 Å². The van der Waals surface area contributed by atoms with Crippen LogP contribution in [0.3, 0.4) is 0 Å². The van der Waals surface area contributed by atoms with E-state index in [1.807, 2.05) is 0 Å². The number of rotatable bonds is 6. The molecule has 0 aromatic carbocycles. The average Bonchev–Trinajstić information content (AvgIpc) is 2.14. The summed E-state index contributed by atoms with van der Waals surface area (Å²) >= 11 is 0. The third kappa shape index (κ3) is 5.72. The summed E-state index contributed by atoms with van der Waals surface area (Å²) in [5.74, 6) is 6.70. The first-order valence-corrected chi connectivity index (χ1v) is 5.05. The Balaban J connectivity index is 4.08. The molecule has 0 heterocycles. The molecule has 0 atom stereocenters. The molecule has 0 aliphatic rings. The summed E-state index contributed by atoms with van der Waals surface area (Å²) in [6.45, 7) is 10.4. The second-order valence-electron chi connectivity index (χ2n) is 3.46. The van der Waals surface area contributed by atoms with E-state index in [9.17, 15) is 0 Å². The molecule has 0 fully saturated rings. The number of nitrogens with zero attached hydrogens (tertiary/aromatic N) is 2. The Kier molecular flexibility index (Phi) is 7.06. The third-order valence-corrected chi connectivity index (χ3v) is 1.72. The standard InChI is InChI=1S/C10H22N4/c1-5-7-10(12-6-2)14(11)8-13-9(3)4/h6,9,13H,2,5,7-8,11H2,1,3-4H3/b12-10-. The molecule has 0 spiro atoms. The van der Waals surface area contributed by atoms with E-state index in [-0.39, 0.29) is 0 Å². The average molecular weight is 198 g/mol. The molecule has 0 radical (unpaired) electrons. The van der Waals surface area contributed by atoms with Gasteiger partial charge in [0.25, 0.3) is 0 Å². The van der Waals surface area contributed by atoms with Crippen LogP contribution in [0.5, 0.6) is 0 Å². The summed E-state index contributed by atoms with van der Waals surface area (Å²) in [6, 6.07) is 0.424. The number of hydrazine groups is 1. The van der Waals surface area contributed by atoms with Crippen LogP contribution in [-0.4, -0.2) is 23.6 Å². The maximum atomic E-state index is 5.83. The van der Waals surface area contributed by atoms with Gasteiger partial charge in [-0.2, -0.15) is 0 Å². The molecule has 0 unspecified atom stereocenters. The van der Waals surface area contributed by atoms with Crippen molar-refractivity contribution in [3.8, 4) is 0 Å². The number of hydrogen-bond acceptors (Lipinski definition) is 3. The van der Waals surface area contributed by atoms with Gasteiger partial charge >= 0.3 is 0 Å². The van der Waals surface area contributed by atoms with E-state index >= 15 is 0 Å². The molecule has 3 N–H and O–H groups in total. The number of hydrogen-bond donors (Lipinski definition) is 2. The normalized spacial score (nSPS) is 11.9. The van der Waals surface area contributed by atoms with Crippen molar-refractivity contribution in [2.75, 3.05) is 6.67 Å². The van der Waals surface area contributed by atoms with Gasteiger partial charge in [0.05, 0.1) is 6.67 Å². The zero-order valence-electron chi connectivity index (χ0n) is 9.45. The van der Waals surface area contributed by atoms with Gasteiger partial charge in [-0.1, -0.05) is 13.5 Å². The summed E-state index contributed by atoms with van der Waals surface area (Å²) in [4.78, 5) is 4.13. The van der Waals surface area contributed by atoms with E-state index in [2.05, 4.69) is 37.7 Å². The lowest BCUT2D eigenvalue weighted by Gasteiger charge is -2.21. The number of nitrogens with one attached hydrogen (secondary N) is 1. The second kappa shape index (κ2) is 7.53. The highest BCUT2D eigenvalue weighted by Crippen LogP contribution is 1.95. The van der Waals surface area contributed by atoms with Crippen molar-refractivity contribution in [3.05, 3.63) is 12.8 Å². The maximum absolute atomic E-state index is 5.83. The molecular formula is C10H22N4. The molecule has 4 heteroatoms. The number of aliphatic imine (C=N–C) groups is 1. The molecule has 0 saturated carbocycles. The molecule has 4 nitrogen and oxygen atoms in total. The Bertz CT molecular complexity index is 187. The minimum Gasteiger partial charge on any atom is -0.296 e. The van der Waals surface area contributed by atoms with E-state index in [4.69, 9.17) is 5.84 Å². The lowest BCUT2D eigenvalue weighted by Crippen LogP contribution is -2.45. The second-order valence-corrected chi connectivity index (χ2v) is 3.46. The van der Waals surface area contributed by atoms with Crippen molar-refractivity contribution in [1.82, 2.24) is 10.3 Å². The molecular weight excluding hydrogens is 176 g/mol. The predicted octanol–water partition coefficient (Wildman–Crippen LogP) is 1.46. The van der Waals surface area contributed by atoms with E-state index in [0.29, 0.717) is 12.7 Å². The van der Waals surface area contributed by atoms with Crippen LogP contribution in [0.25, 0.3) is 0 Å². The molecule has 0 amide bonds. The summed E-state index contributed by atoms with van der Waals surface area (Å²) in [5, 5.41) is 4.86. The van der Waals surface area contributed by atoms with Gasteiger partial charge in [-0.3, -0.25) is 10.3 Å². The van der Waals surface area contributed by atoms with Gasteiger partial charge in [0.15, 0.2) is 0 Å². The first kappa shape index (κ1) is 13.1. The molecule has 82 valence electrons. The Morgan fingerprint density at radius 3 is 2.71 bits per heavy atom. The van der Waals surface area contributed by atoms with Crippen molar-refractivity contribution in [2.24, 2.45) is 10.8 Å². The SMILES string of the molecule is C=C/N=C(/CCC)N(N)CNC(C)C. The van der Waals surface area contributed by atoms with Gasteiger partial charge in [-0.05, 0) is 20.3 Å². The van der Waals surface area contributed by atoms with Crippen molar-refractivity contribution in [1.29, 1.82) is 0 Å². The van der Waals surface area contributed by atoms with Crippen molar-refractivity contribution in [3.63, 3.8) is 0 Å². The van der Waals surface area contributed by atoms with Crippen LogP contribution < -0.4 is 11.2 Å². The van der Waals surface area contributed by atoms with Gasteiger partial charge in [-0.15, -0.1) is 0 Å². The van der Waals surface area contributed by atoms with E-state index in [1.165, 1.54) is 6.20 Å². The first-order chi connectivity index (χ1) is 6.61. The Hall–Kier alpha value is -0.870. The van der Waals surface area contributed by atoms with E-state index in [0.717, 1.165) is 18.7 Å². The summed E-state index contributed by atoms with van der Waals surface area (Å²) < 4.78 is 0. The van der Waals surface area contributed by atoms with Crippen LogP contribution in [0.1, 0.15) is 33.6 Å². The molecule has 0 rings (SSSR count). The summed E-state index contributed by atoms with van der Waals surface area (Å²) in [7, 11) is 0. The summed E-state index contributed by atoms with van der Waals surface area (Å²) in [5.41, 5.74) is 0. The molecule has 14 heavy (non-hydrogen) atoms. The van der Waals surface area contributed by atoms with E-state index < -0.39 is 0 Å². The van der Waals surface area contributed by atoms with Gasteiger partial charge < -0.3 is 0 Å². The minimum absolute atomic E-state index is 0.424. The van der Waals surface area contributed by atoms with Gasteiger partial charge in [0.1, 0.15) is 5.84 Å².